The van der Waals surface area contributed by atoms with E-state index >= 15 is 0 Å². The minimum absolute atomic E-state index is 0.0193. The van der Waals surface area contributed by atoms with Crippen molar-refractivity contribution >= 4 is 24.6 Å². The minimum atomic E-state index is -0.102. The average molecular weight is 349 g/mol. The molecule has 0 unspecified atom stereocenters. The van der Waals surface area contributed by atoms with E-state index in [-0.39, 0.29) is 11.6 Å². The van der Waals surface area contributed by atoms with Crippen molar-refractivity contribution in [3.8, 4) is 0 Å². The topological polar surface area (TPSA) is 47.4 Å². The maximum absolute atomic E-state index is 13.3. The monoisotopic (exact) mass is 349 g/mol. The van der Waals surface area contributed by atoms with Gasteiger partial charge in [-0.3, -0.25) is 9.36 Å². The highest BCUT2D eigenvalue weighted by molar-refractivity contribution is 6.17. The van der Waals surface area contributed by atoms with Crippen molar-refractivity contribution in [3.63, 3.8) is 0 Å². The maximum atomic E-state index is 13.3. The summed E-state index contributed by atoms with van der Waals surface area (Å²) in [5.41, 5.74) is 2.86. The summed E-state index contributed by atoms with van der Waals surface area (Å²) in [4.78, 5) is 19.9. The van der Waals surface area contributed by atoms with E-state index in [0.29, 0.717) is 17.8 Å². The lowest BCUT2D eigenvalue weighted by atomic mass is 10.1. The van der Waals surface area contributed by atoms with Crippen LogP contribution in [0.15, 0.2) is 53.3 Å². The number of benzene rings is 2. The summed E-state index contributed by atoms with van der Waals surface area (Å²) in [6, 6.07) is 15.9. The summed E-state index contributed by atoms with van der Waals surface area (Å²) < 4.78 is 7.19. The highest BCUT2D eigenvalue weighted by atomic mass is 16.5. The standard InChI is InChI=1S/C20H24BN3O2/c1-14-22-19-10-9-16(23(2)21)12-18(19)20(25)24(14)17(13-26-3)11-15-7-5-4-6-8-15/h4-10,12,17H,11,13,21H2,1-3H3/t17-/m0/s1. The molecule has 6 heteroatoms. The summed E-state index contributed by atoms with van der Waals surface area (Å²) in [6.45, 7) is 2.34. The zero-order valence-electron chi connectivity index (χ0n) is 15.8. The van der Waals surface area contributed by atoms with Crippen LogP contribution in [0.1, 0.15) is 17.4 Å². The van der Waals surface area contributed by atoms with Gasteiger partial charge in [0.25, 0.3) is 5.56 Å². The zero-order valence-corrected chi connectivity index (χ0v) is 15.8. The number of ether oxygens (including phenoxy) is 1. The lowest BCUT2D eigenvalue weighted by Crippen LogP contribution is -2.32. The molecule has 0 bridgehead atoms. The zero-order chi connectivity index (χ0) is 18.7. The lowest BCUT2D eigenvalue weighted by molar-refractivity contribution is 0.152. The molecule has 3 rings (SSSR count). The molecule has 0 aliphatic heterocycles. The molecule has 1 heterocycles. The Morgan fingerprint density at radius 1 is 1.23 bits per heavy atom. The number of fused-ring (bicyclic) bond motifs is 1. The predicted octanol–water partition coefficient (Wildman–Crippen LogP) is 2.12. The van der Waals surface area contributed by atoms with Gasteiger partial charge in [-0.25, -0.2) is 4.98 Å². The number of methoxy groups -OCH3 is 1. The Morgan fingerprint density at radius 2 is 1.96 bits per heavy atom. The second-order valence-electron chi connectivity index (χ2n) is 6.73. The number of hydrogen-bond donors (Lipinski definition) is 0. The first-order chi connectivity index (χ1) is 12.5. The van der Waals surface area contributed by atoms with Gasteiger partial charge in [0.1, 0.15) is 5.82 Å². The first-order valence-electron chi connectivity index (χ1n) is 8.74. The Kier molecular flexibility index (Phi) is 5.42. The van der Waals surface area contributed by atoms with Crippen LogP contribution in [0.2, 0.25) is 0 Å². The smallest absolute Gasteiger partial charge is 0.261 e. The molecule has 0 fully saturated rings. The average Bonchev–Trinajstić information content (AvgIpc) is 2.62. The molecule has 5 nitrogen and oxygen atoms in total. The van der Waals surface area contributed by atoms with E-state index in [1.54, 1.807) is 11.7 Å². The van der Waals surface area contributed by atoms with Gasteiger partial charge in [0.15, 0.2) is 0 Å². The molecule has 0 radical (unpaired) electrons. The number of aryl methyl sites for hydroxylation is 1. The molecular weight excluding hydrogens is 325 g/mol. The fraction of sp³-hybridized carbons (Fsp3) is 0.300. The molecule has 1 atom stereocenters. The van der Waals surface area contributed by atoms with E-state index in [2.05, 4.69) is 17.1 Å². The van der Waals surface area contributed by atoms with Gasteiger partial charge in [-0.2, -0.15) is 0 Å². The van der Waals surface area contributed by atoms with Crippen LogP contribution in [0.4, 0.5) is 5.69 Å². The predicted molar refractivity (Wildman–Crippen MR) is 109 cm³/mol. The van der Waals surface area contributed by atoms with Gasteiger partial charge in [-0.1, -0.05) is 30.3 Å². The third kappa shape index (κ3) is 3.65. The maximum Gasteiger partial charge on any atom is 0.261 e. The van der Waals surface area contributed by atoms with E-state index in [0.717, 1.165) is 17.6 Å². The normalized spacial score (nSPS) is 12.3. The Labute approximate surface area is 154 Å². The van der Waals surface area contributed by atoms with Crippen LogP contribution in [0.3, 0.4) is 0 Å². The largest absolute Gasteiger partial charge is 0.424 e. The van der Waals surface area contributed by atoms with Gasteiger partial charge in [-0.05, 0) is 44.2 Å². The summed E-state index contributed by atoms with van der Waals surface area (Å²) in [5, 5.41) is 0.635. The number of nitrogens with zero attached hydrogens (tertiary/aromatic N) is 3. The van der Waals surface area contributed by atoms with Gasteiger partial charge in [-0.15, -0.1) is 0 Å². The molecule has 0 aliphatic carbocycles. The minimum Gasteiger partial charge on any atom is -0.424 e. The third-order valence-corrected chi connectivity index (χ3v) is 4.61. The third-order valence-electron chi connectivity index (χ3n) is 4.61. The van der Waals surface area contributed by atoms with E-state index < -0.39 is 0 Å². The first-order valence-corrected chi connectivity index (χ1v) is 8.74. The first kappa shape index (κ1) is 18.2. The Balaban J connectivity index is 2.12. The molecule has 3 aromatic rings. The Hall–Kier alpha value is -2.60. The molecule has 26 heavy (non-hydrogen) atoms. The van der Waals surface area contributed by atoms with Gasteiger partial charge in [0, 0.05) is 12.8 Å². The highest BCUT2D eigenvalue weighted by Gasteiger charge is 2.18. The molecule has 2 aromatic carbocycles. The molecule has 1 aromatic heterocycles. The van der Waals surface area contributed by atoms with Crippen LogP contribution in [0, 0.1) is 6.92 Å². The van der Waals surface area contributed by atoms with Crippen molar-refractivity contribution in [3.05, 3.63) is 70.3 Å². The van der Waals surface area contributed by atoms with Gasteiger partial charge < -0.3 is 9.55 Å². The fourth-order valence-electron chi connectivity index (χ4n) is 3.31. The molecular formula is C20H24BN3O2. The van der Waals surface area contributed by atoms with Gasteiger partial charge >= 0.3 is 0 Å². The number of anilines is 1. The van der Waals surface area contributed by atoms with Crippen molar-refractivity contribution in [1.29, 1.82) is 0 Å². The molecule has 0 saturated heterocycles. The number of hydrogen-bond acceptors (Lipinski definition) is 4. The molecule has 0 amide bonds. The molecule has 0 aliphatic rings. The second-order valence-corrected chi connectivity index (χ2v) is 6.73. The van der Waals surface area contributed by atoms with Crippen molar-refractivity contribution in [2.45, 2.75) is 19.4 Å². The van der Waals surface area contributed by atoms with Crippen LogP contribution in [-0.4, -0.2) is 38.3 Å². The highest BCUT2D eigenvalue weighted by Crippen LogP contribution is 2.20. The Morgan fingerprint density at radius 3 is 2.62 bits per heavy atom. The van der Waals surface area contributed by atoms with Crippen LogP contribution >= 0.6 is 0 Å². The van der Waals surface area contributed by atoms with E-state index in [1.807, 2.05) is 63.2 Å². The van der Waals surface area contributed by atoms with Crippen LogP contribution in [0.25, 0.3) is 10.9 Å². The quantitative estimate of drug-likeness (QED) is 0.640. The van der Waals surface area contributed by atoms with Crippen molar-refractivity contribution < 1.29 is 4.74 Å². The molecule has 134 valence electrons. The second kappa shape index (κ2) is 7.75. The van der Waals surface area contributed by atoms with Crippen molar-refractivity contribution in [2.75, 3.05) is 25.6 Å². The SMILES string of the molecule is BN(C)c1ccc2nc(C)n([C@H](COC)Cc3ccccc3)c(=O)c2c1. The molecule has 0 spiro atoms. The van der Waals surface area contributed by atoms with E-state index in [1.165, 1.54) is 5.56 Å². The van der Waals surface area contributed by atoms with Gasteiger partial charge in [0.2, 0.25) is 7.98 Å². The fourth-order valence-corrected chi connectivity index (χ4v) is 3.31. The summed E-state index contributed by atoms with van der Waals surface area (Å²) >= 11 is 0. The van der Waals surface area contributed by atoms with Crippen LogP contribution < -0.4 is 10.4 Å². The van der Waals surface area contributed by atoms with Crippen LogP contribution in [-0.2, 0) is 11.2 Å². The lowest BCUT2D eigenvalue weighted by Gasteiger charge is -2.22. The van der Waals surface area contributed by atoms with Crippen molar-refractivity contribution in [1.82, 2.24) is 9.55 Å². The molecule has 0 saturated carbocycles. The molecule has 0 N–H and O–H groups in total. The van der Waals surface area contributed by atoms with E-state index in [9.17, 15) is 4.79 Å². The number of rotatable bonds is 6. The Bertz CT molecular complexity index is 954. The van der Waals surface area contributed by atoms with Crippen molar-refractivity contribution in [2.24, 2.45) is 0 Å². The van der Waals surface area contributed by atoms with Gasteiger partial charge in [0.05, 0.1) is 23.6 Å². The number of aromatic nitrogens is 2. The summed E-state index contributed by atoms with van der Waals surface area (Å²) in [5.74, 6) is 0.707. The van der Waals surface area contributed by atoms with E-state index in [4.69, 9.17) is 4.74 Å². The summed E-state index contributed by atoms with van der Waals surface area (Å²) in [7, 11) is 5.59. The summed E-state index contributed by atoms with van der Waals surface area (Å²) in [6.07, 6.45) is 0.718. The van der Waals surface area contributed by atoms with Crippen LogP contribution in [0.5, 0.6) is 0 Å².